The minimum atomic E-state index is -4.84. The number of hydrogen-bond donors (Lipinski definition) is 1. The lowest BCUT2D eigenvalue weighted by Gasteiger charge is -2.31. The molecule has 1 aliphatic heterocycles. The van der Waals surface area contributed by atoms with Crippen molar-refractivity contribution in [3.63, 3.8) is 0 Å². The van der Waals surface area contributed by atoms with Gasteiger partial charge in [-0.1, -0.05) is 0 Å². The lowest BCUT2D eigenvalue weighted by atomic mass is 10.2. The molecule has 1 atom stereocenters. The maximum absolute atomic E-state index is 13.3. The second-order valence-electron chi connectivity index (χ2n) is 6.46. The zero-order chi connectivity index (χ0) is 22.1. The smallest absolute Gasteiger partial charge is 0.490 e. The molecule has 1 heterocycles. The van der Waals surface area contributed by atoms with E-state index in [1.165, 1.54) is 31.2 Å². The number of anilines is 1. The Morgan fingerprint density at radius 3 is 2.40 bits per heavy atom. The molecule has 2 aromatic rings. The Balaban J connectivity index is 1.55. The normalized spacial score (nSPS) is 17.0. The molecule has 2 aromatic carbocycles. The van der Waals surface area contributed by atoms with Crippen LogP contribution in [0.4, 0.5) is 32.4 Å². The Bertz CT molecular complexity index is 953. The van der Waals surface area contributed by atoms with Crippen LogP contribution >= 0.6 is 0 Å². The third-order valence-corrected chi connectivity index (χ3v) is 3.95. The molecule has 0 aromatic heterocycles. The number of halogens is 5. The number of aryl methyl sites for hydroxylation is 1. The first-order chi connectivity index (χ1) is 14.0. The molecule has 30 heavy (non-hydrogen) atoms. The van der Waals surface area contributed by atoms with Gasteiger partial charge in [0.25, 0.3) is 0 Å². The summed E-state index contributed by atoms with van der Waals surface area (Å²) in [4.78, 5) is 11.9. The summed E-state index contributed by atoms with van der Waals surface area (Å²) in [6, 6.07) is 6.94. The van der Waals surface area contributed by atoms with Gasteiger partial charge in [0.05, 0.1) is 0 Å². The molecule has 1 N–H and O–H groups in total. The van der Waals surface area contributed by atoms with Crippen LogP contribution in [0, 0.1) is 12.7 Å². The largest absolute Gasteiger partial charge is 0.507 e. The minimum Gasteiger partial charge on any atom is -0.490 e. The molecule has 1 unspecified atom stereocenters. The van der Waals surface area contributed by atoms with Crippen molar-refractivity contribution in [2.75, 3.05) is 11.9 Å². The van der Waals surface area contributed by atoms with Gasteiger partial charge in [0, 0.05) is 11.8 Å². The molecule has 162 valence electrons. The van der Waals surface area contributed by atoms with Gasteiger partial charge in [-0.3, -0.25) is 5.32 Å². The van der Waals surface area contributed by atoms with Gasteiger partial charge in [0.1, 0.15) is 24.3 Å². The van der Waals surface area contributed by atoms with Crippen LogP contribution in [0.5, 0.6) is 17.2 Å². The van der Waals surface area contributed by atoms with E-state index in [0.29, 0.717) is 11.3 Å². The molecule has 11 heteroatoms. The number of nitrogens with one attached hydrogen (secondary N) is 1. The van der Waals surface area contributed by atoms with E-state index in [1.807, 2.05) is 0 Å². The third kappa shape index (κ3) is 4.66. The molecule has 0 saturated heterocycles. The van der Waals surface area contributed by atoms with Crippen molar-refractivity contribution < 1.29 is 45.7 Å². The summed E-state index contributed by atoms with van der Waals surface area (Å²) in [5.74, 6) is -1.64. The van der Waals surface area contributed by atoms with E-state index in [9.17, 15) is 26.7 Å². The Morgan fingerprint density at radius 1 is 1.07 bits per heavy atom. The van der Waals surface area contributed by atoms with Crippen molar-refractivity contribution in [3.8, 4) is 17.2 Å². The van der Waals surface area contributed by atoms with E-state index in [4.69, 9.17) is 9.47 Å². The molecule has 6 nitrogen and oxygen atoms in total. The van der Waals surface area contributed by atoms with E-state index in [-0.39, 0.29) is 12.4 Å². The second kappa shape index (κ2) is 7.88. The first-order valence-electron chi connectivity index (χ1n) is 8.61. The van der Waals surface area contributed by atoms with Crippen LogP contribution in [0.25, 0.3) is 0 Å². The van der Waals surface area contributed by atoms with Crippen LogP contribution in [0.3, 0.4) is 0 Å². The van der Waals surface area contributed by atoms with E-state index in [2.05, 4.69) is 14.8 Å². The van der Waals surface area contributed by atoms with E-state index in [1.54, 1.807) is 6.92 Å². The third-order valence-electron chi connectivity index (χ3n) is 3.95. The fourth-order valence-electron chi connectivity index (χ4n) is 2.47. The average Bonchev–Trinajstić information content (AvgIpc) is 2.63. The van der Waals surface area contributed by atoms with Crippen LogP contribution < -0.4 is 19.5 Å². The highest BCUT2D eigenvalue weighted by Crippen LogP contribution is 2.47. The van der Waals surface area contributed by atoms with Gasteiger partial charge in [0.15, 0.2) is 11.5 Å². The van der Waals surface area contributed by atoms with Crippen molar-refractivity contribution in [3.05, 3.63) is 47.8 Å². The zero-order valence-corrected chi connectivity index (χ0v) is 15.7. The molecule has 1 amide bonds. The number of fused-ring (bicyclic) bond motifs is 1. The highest BCUT2D eigenvalue weighted by Gasteiger charge is 2.65. The SMILES string of the molecule is Cc1cc(F)ccc1NC(=O)OC(C)COc1ccc2c(c1)OC(F)(F)C(F)(F)O2. The minimum absolute atomic E-state index is 0.00334. The lowest BCUT2D eigenvalue weighted by Crippen LogP contribution is -2.52. The van der Waals surface area contributed by atoms with Gasteiger partial charge in [-0.15, -0.1) is 0 Å². The Hall–Kier alpha value is -3.24. The molecular formula is C19H16F5NO5. The molecule has 0 bridgehead atoms. The first-order valence-corrected chi connectivity index (χ1v) is 8.61. The van der Waals surface area contributed by atoms with Crippen LogP contribution in [-0.2, 0) is 4.74 Å². The number of carbonyl (C=O) groups excluding carboxylic acids is 1. The predicted octanol–water partition coefficient (Wildman–Crippen LogP) is 5.11. The van der Waals surface area contributed by atoms with Gasteiger partial charge in [-0.2, -0.15) is 17.6 Å². The van der Waals surface area contributed by atoms with Crippen molar-refractivity contribution in [1.29, 1.82) is 0 Å². The summed E-state index contributed by atoms with van der Waals surface area (Å²) >= 11 is 0. The Labute approximate surface area is 167 Å². The summed E-state index contributed by atoms with van der Waals surface area (Å²) in [6.07, 6.45) is -11.2. The van der Waals surface area contributed by atoms with Crippen molar-refractivity contribution >= 4 is 11.8 Å². The molecular weight excluding hydrogens is 417 g/mol. The molecule has 0 aliphatic carbocycles. The number of ether oxygens (including phenoxy) is 4. The van der Waals surface area contributed by atoms with Gasteiger partial charge in [-0.05, 0) is 49.7 Å². The summed E-state index contributed by atoms with van der Waals surface area (Å²) in [5.41, 5.74) is 0.855. The summed E-state index contributed by atoms with van der Waals surface area (Å²) in [6.45, 7) is 2.93. The molecule has 0 fully saturated rings. The predicted molar refractivity (Wildman–Crippen MR) is 93.8 cm³/mol. The summed E-state index contributed by atoms with van der Waals surface area (Å²) in [5, 5.41) is 2.45. The number of rotatable bonds is 5. The topological polar surface area (TPSA) is 66.0 Å². The summed E-state index contributed by atoms with van der Waals surface area (Å²) in [7, 11) is 0. The van der Waals surface area contributed by atoms with Gasteiger partial charge in [0.2, 0.25) is 0 Å². The number of alkyl halides is 4. The molecule has 0 radical (unpaired) electrons. The fraction of sp³-hybridized carbons (Fsp3) is 0.316. The van der Waals surface area contributed by atoms with Gasteiger partial charge in [-0.25, -0.2) is 9.18 Å². The number of carbonyl (C=O) groups is 1. The molecule has 1 aliphatic rings. The lowest BCUT2D eigenvalue weighted by molar-refractivity contribution is -0.391. The van der Waals surface area contributed by atoms with Crippen LogP contribution in [0.15, 0.2) is 36.4 Å². The van der Waals surface area contributed by atoms with Crippen LogP contribution in [0.1, 0.15) is 12.5 Å². The highest BCUT2D eigenvalue weighted by atomic mass is 19.3. The highest BCUT2D eigenvalue weighted by molar-refractivity contribution is 5.85. The molecule has 0 spiro atoms. The van der Waals surface area contributed by atoms with E-state index >= 15 is 0 Å². The number of benzene rings is 2. The van der Waals surface area contributed by atoms with Crippen molar-refractivity contribution in [2.24, 2.45) is 0 Å². The van der Waals surface area contributed by atoms with Crippen molar-refractivity contribution in [1.82, 2.24) is 0 Å². The van der Waals surface area contributed by atoms with Crippen LogP contribution in [-0.4, -0.2) is 31.0 Å². The zero-order valence-electron chi connectivity index (χ0n) is 15.7. The van der Waals surface area contributed by atoms with Gasteiger partial charge >= 0.3 is 18.3 Å². The molecule has 0 saturated carbocycles. The maximum atomic E-state index is 13.3. The first kappa shape index (κ1) is 21.5. The number of hydrogen-bond acceptors (Lipinski definition) is 5. The van der Waals surface area contributed by atoms with Crippen LogP contribution in [0.2, 0.25) is 0 Å². The quantitative estimate of drug-likeness (QED) is 0.665. The number of amides is 1. The van der Waals surface area contributed by atoms with Gasteiger partial charge < -0.3 is 18.9 Å². The molecule has 3 rings (SSSR count). The average molecular weight is 433 g/mol. The summed E-state index contributed by atoms with van der Waals surface area (Å²) < 4.78 is 84.3. The maximum Gasteiger partial charge on any atom is 0.507 e. The standard InChI is InChI=1S/C19H16F5NO5/c1-10-7-12(20)3-5-14(10)25-17(26)28-11(2)9-27-13-4-6-15-16(8-13)30-19(23,24)18(21,22)29-15/h3-8,11H,9H2,1-2H3,(H,25,26). The second-order valence-corrected chi connectivity index (χ2v) is 6.46. The van der Waals surface area contributed by atoms with E-state index < -0.39 is 41.7 Å². The monoisotopic (exact) mass is 433 g/mol. The van der Waals surface area contributed by atoms with E-state index in [0.717, 1.165) is 12.1 Å². The fourth-order valence-corrected chi connectivity index (χ4v) is 2.47. The Morgan fingerprint density at radius 2 is 1.73 bits per heavy atom. The van der Waals surface area contributed by atoms with Crippen molar-refractivity contribution in [2.45, 2.75) is 32.2 Å². The Kier molecular flexibility index (Phi) is 5.64.